The van der Waals surface area contributed by atoms with Crippen LogP contribution in [0, 0.1) is 34.5 Å². The van der Waals surface area contributed by atoms with Crippen molar-refractivity contribution in [2.75, 3.05) is 0 Å². The fraction of sp³-hybridized carbons (Fsp3) is 0.895. The Morgan fingerprint density at radius 1 is 0.895 bits per heavy atom. The van der Waals surface area contributed by atoms with Crippen molar-refractivity contribution in [2.45, 2.75) is 71.6 Å². The minimum atomic E-state index is 0.568. The molecule has 4 aliphatic rings. The van der Waals surface area contributed by atoms with Gasteiger partial charge in [0, 0.05) is 0 Å². The Morgan fingerprint density at radius 3 is 2.68 bits per heavy atom. The van der Waals surface area contributed by atoms with Gasteiger partial charge in [-0.15, -0.1) is 0 Å². The lowest BCUT2D eigenvalue weighted by molar-refractivity contribution is -0.0969. The number of hydrogen-bond donors (Lipinski definition) is 0. The third-order valence-corrected chi connectivity index (χ3v) is 7.91. The molecule has 0 aromatic heterocycles. The van der Waals surface area contributed by atoms with Gasteiger partial charge in [0.2, 0.25) is 0 Å². The van der Waals surface area contributed by atoms with E-state index in [4.69, 9.17) is 0 Å². The zero-order valence-corrected chi connectivity index (χ0v) is 12.8. The molecule has 0 heteroatoms. The van der Waals surface area contributed by atoms with Crippen molar-refractivity contribution < 1.29 is 0 Å². The molecule has 0 heterocycles. The van der Waals surface area contributed by atoms with Crippen LogP contribution in [0.15, 0.2) is 12.2 Å². The molecule has 0 aliphatic heterocycles. The van der Waals surface area contributed by atoms with E-state index in [9.17, 15) is 0 Å². The Kier molecular flexibility index (Phi) is 2.71. The van der Waals surface area contributed by atoms with Crippen LogP contribution in [0.1, 0.15) is 71.6 Å². The summed E-state index contributed by atoms with van der Waals surface area (Å²) in [5, 5.41) is 0. The van der Waals surface area contributed by atoms with Gasteiger partial charge < -0.3 is 0 Å². The topological polar surface area (TPSA) is 0 Å². The van der Waals surface area contributed by atoms with Gasteiger partial charge in [-0.1, -0.05) is 38.8 Å². The molecule has 6 atom stereocenters. The fourth-order valence-corrected chi connectivity index (χ4v) is 6.78. The van der Waals surface area contributed by atoms with E-state index in [-0.39, 0.29) is 0 Å². The van der Waals surface area contributed by atoms with E-state index in [1.807, 2.05) is 0 Å². The van der Waals surface area contributed by atoms with Crippen molar-refractivity contribution in [1.82, 2.24) is 0 Å². The maximum absolute atomic E-state index is 2.68. The molecule has 0 amide bonds. The van der Waals surface area contributed by atoms with Crippen molar-refractivity contribution in [1.29, 1.82) is 0 Å². The third-order valence-electron chi connectivity index (χ3n) is 7.91. The molecule has 106 valence electrons. The van der Waals surface area contributed by atoms with Crippen LogP contribution < -0.4 is 0 Å². The van der Waals surface area contributed by atoms with Gasteiger partial charge in [0.05, 0.1) is 0 Å². The maximum atomic E-state index is 2.68. The molecule has 0 spiro atoms. The SMILES string of the molecule is C[C@]12CCCC[C@@H]1CCC1[C@@H]2CC[C@]2(C)C=CC[C@@H]12. The minimum Gasteiger partial charge on any atom is -0.0877 e. The molecule has 0 bridgehead atoms. The second-order valence-electron chi connectivity index (χ2n) is 8.59. The zero-order chi connectivity index (χ0) is 13.1. The average molecular weight is 258 g/mol. The van der Waals surface area contributed by atoms with Gasteiger partial charge in [-0.05, 0) is 79.4 Å². The van der Waals surface area contributed by atoms with Gasteiger partial charge in [-0.25, -0.2) is 0 Å². The standard InChI is InChI=1S/C19H30/c1-18-11-5-7-16(18)15-9-8-14-6-3-4-12-19(14,2)17(15)10-13-18/h5,11,14-17H,3-4,6-10,12-13H2,1-2H3/t14-,15?,16+,17+,18+,19+/m1/s1. The molecule has 0 N–H and O–H groups in total. The summed E-state index contributed by atoms with van der Waals surface area (Å²) in [6, 6.07) is 0. The average Bonchev–Trinajstić information content (AvgIpc) is 2.79. The second kappa shape index (κ2) is 4.12. The van der Waals surface area contributed by atoms with Crippen molar-refractivity contribution in [3.05, 3.63) is 12.2 Å². The first-order valence-electron chi connectivity index (χ1n) is 8.81. The third kappa shape index (κ3) is 1.64. The van der Waals surface area contributed by atoms with Crippen LogP contribution in [0.4, 0.5) is 0 Å². The predicted octanol–water partition coefficient (Wildman–Crippen LogP) is 5.59. The van der Waals surface area contributed by atoms with Crippen molar-refractivity contribution in [2.24, 2.45) is 34.5 Å². The Bertz CT molecular complexity index is 395. The molecule has 0 nitrogen and oxygen atoms in total. The van der Waals surface area contributed by atoms with Crippen LogP contribution in [-0.4, -0.2) is 0 Å². The summed E-state index contributed by atoms with van der Waals surface area (Å²) < 4.78 is 0. The smallest absolute Gasteiger partial charge is 0.0112 e. The molecule has 3 fully saturated rings. The van der Waals surface area contributed by atoms with Gasteiger partial charge in [-0.2, -0.15) is 0 Å². The molecule has 0 radical (unpaired) electrons. The number of hydrogen-bond acceptors (Lipinski definition) is 0. The van der Waals surface area contributed by atoms with Gasteiger partial charge in [-0.3, -0.25) is 0 Å². The highest BCUT2D eigenvalue weighted by atomic mass is 14.6. The molecule has 0 aromatic carbocycles. The first kappa shape index (κ1) is 12.5. The molecule has 19 heavy (non-hydrogen) atoms. The van der Waals surface area contributed by atoms with E-state index in [0.717, 1.165) is 23.7 Å². The summed E-state index contributed by atoms with van der Waals surface area (Å²) in [4.78, 5) is 0. The predicted molar refractivity (Wildman–Crippen MR) is 80.9 cm³/mol. The highest BCUT2D eigenvalue weighted by Crippen LogP contribution is 2.64. The lowest BCUT2D eigenvalue weighted by Crippen LogP contribution is -2.51. The molecule has 4 rings (SSSR count). The second-order valence-corrected chi connectivity index (χ2v) is 8.59. The van der Waals surface area contributed by atoms with Crippen LogP contribution >= 0.6 is 0 Å². The maximum Gasteiger partial charge on any atom is -0.0112 e. The van der Waals surface area contributed by atoms with Crippen LogP contribution in [0.2, 0.25) is 0 Å². The Morgan fingerprint density at radius 2 is 1.79 bits per heavy atom. The summed E-state index contributed by atoms with van der Waals surface area (Å²) >= 11 is 0. The van der Waals surface area contributed by atoms with Crippen LogP contribution in [0.25, 0.3) is 0 Å². The number of fused-ring (bicyclic) bond motifs is 5. The summed E-state index contributed by atoms with van der Waals surface area (Å²) in [6.45, 7) is 5.23. The van der Waals surface area contributed by atoms with Crippen LogP contribution in [0.5, 0.6) is 0 Å². The summed E-state index contributed by atoms with van der Waals surface area (Å²) in [5.74, 6) is 4.17. The lowest BCUT2D eigenvalue weighted by Gasteiger charge is -2.59. The van der Waals surface area contributed by atoms with E-state index in [1.165, 1.54) is 38.5 Å². The van der Waals surface area contributed by atoms with E-state index in [1.54, 1.807) is 19.3 Å². The van der Waals surface area contributed by atoms with Crippen molar-refractivity contribution in [3.8, 4) is 0 Å². The molecule has 0 saturated heterocycles. The molecule has 0 aromatic rings. The van der Waals surface area contributed by atoms with Gasteiger partial charge in [0.25, 0.3) is 0 Å². The minimum absolute atomic E-state index is 0.568. The highest BCUT2D eigenvalue weighted by Gasteiger charge is 2.56. The first-order chi connectivity index (χ1) is 9.13. The summed E-state index contributed by atoms with van der Waals surface area (Å²) in [5.41, 5.74) is 1.28. The lowest BCUT2D eigenvalue weighted by atomic mass is 9.45. The van der Waals surface area contributed by atoms with E-state index >= 15 is 0 Å². The fourth-order valence-electron chi connectivity index (χ4n) is 6.78. The van der Waals surface area contributed by atoms with Crippen molar-refractivity contribution >= 4 is 0 Å². The Balaban J connectivity index is 1.65. The van der Waals surface area contributed by atoms with Gasteiger partial charge in [0.1, 0.15) is 0 Å². The van der Waals surface area contributed by atoms with Gasteiger partial charge >= 0.3 is 0 Å². The van der Waals surface area contributed by atoms with Crippen LogP contribution in [0.3, 0.4) is 0 Å². The molecule has 1 unspecified atom stereocenters. The Labute approximate surface area is 119 Å². The van der Waals surface area contributed by atoms with Crippen LogP contribution in [-0.2, 0) is 0 Å². The molecular formula is C19H30. The summed E-state index contributed by atoms with van der Waals surface area (Å²) in [7, 11) is 0. The zero-order valence-electron chi connectivity index (χ0n) is 12.8. The highest BCUT2D eigenvalue weighted by molar-refractivity contribution is 5.16. The molecular weight excluding hydrogens is 228 g/mol. The normalized spacial score (nSPS) is 56.3. The molecule has 3 saturated carbocycles. The Hall–Kier alpha value is -0.260. The molecule has 4 aliphatic carbocycles. The largest absolute Gasteiger partial charge is 0.0877 e. The number of rotatable bonds is 0. The van der Waals surface area contributed by atoms with Gasteiger partial charge in [0.15, 0.2) is 0 Å². The van der Waals surface area contributed by atoms with Crippen molar-refractivity contribution in [3.63, 3.8) is 0 Å². The summed E-state index contributed by atoms with van der Waals surface area (Å²) in [6.07, 6.45) is 18.7. The monoisotopic (exact) mass is 258 g/mol. The van der Waals surface area contributed by atoms with E-state index < -0.39 is 0 Å². The number of allylic oxidation sites excluding steroid dienone is 2. The van der Waals surface area contributed by atoms with E-state index in [0.29, 0.717) is 10.8 Å². The first-order valence-corrected chi connectivity index (χ1v) is 8.81. The van der Waals surface area contributed by atoms with E-state index in [2.05, 4.69) is 26.0 Å². The quantitative estimate of drug-likeness (QED) is 0.497.